The Balaban J connectivity index is 1.61. The third-order valence-corrected chi connectivity index (χ3v) is 5.64. The Morgan fingerprint density at radius 2 is 1.61 bits per heavy atom. The van der Waals surface area contributed by atoms with Crippen LogP contribution in [0.3, 0.4) is 0 Å². The maximum atomic E-state index is 12.7. The van der Waals surface area contributed by atoms with E-state index in [9.17, 15) is 9.59 Å². The average molecular weight is 451 g/mol. The van der Waals surface area contributed by atoms with Gasteiger partial charge in [-0.2, -0.15) is 0 Å². The normalized spacial score (nSPS) is 15.7. The Bertz CT molecular complexity index is 1120. The molecule has 4 nitrogen and oxygen atoms in total. The molecule has 0 spiro atoms. The minimum atomic E-state index is -0.417. The SMILES string of the molecule is O=C1S/C(=C\c2ccc(-c3ccc(Cl)cc3Cl)o2)C(=O)N1c1ccc(Cl)cc1. The molecule has 0 atom stereocenters. The molecule has 28 heavy (non-hydrogen) atoms. The van der Waals surface area contributed by atoms with Gasteiger partial charge < -0.3 is 4.42 Å². The monoisotopic (exact) mass is 449 g/mol. The first-order chi connectivity index (χ1) is 13.4. The number of hydrogen-bond acceptors (Lipinski definition) is 4. The van der Waals surface area contributed by atoms with Crippen LogP contribution in [-0.2, 0) is 4.79 Å². The highest BCUT2D eigenvalue weighted by atomic mass is 35.5. The number of hydrogen-bond donors (Lipinski definition) is 0. The van der Waals surface area contributed by atoms with Crippen molar-refractivity contribution >= 4 is 69.5 Å². The molecule has 1 aliphatic rings. The molecule has 0 saturated carbocycles. The summed E-state index contributed by atoms with van der Waals surface area (Å²) in [5, 5.41) is 1.12. The maximum Gasteiger partial charge on any atom is 0.298 e. The van der Waals surface area contributed by atoms with Crippen molar-refractivity contribution in [3.05, 3.63) is 80.3 Å². The summed E-state index contributed by atoms with van der Waals surface area (Å²) in [6.45, 7) is 0. The lowest BCUT2D eigenvalue weighted by Gasteiger charge is -2.11. The lowest BCUT2D eigenvalue weighted by molar-refractivity contribution is -0.113. The van der Waals surface area contributed by atoms with Gasteiger partial charge in [-0.15, -0.1) is 0 Å². The van der Waals surface area contributed by atoms with Crippen molar-refractivity contribution in [1.29, 1.82) is 0 Å². The lowest BCUT2D eigenvalue weighted by Crippen LogP contribution is -2.27. The van der Waals surface area contributed by atoms with Crippen LogP contribution in [0.15, 0.2) is 63.9 Å². The number of halogens is 3. The van der Waals surface area contributed by atoms with Gasteiger partial charge >= 0.3 is 0 Å². The van der Waals surface area contributed by atoms with Gasteiger partial charge in [-0.3, -0.25) is 9.59 Å². The quantitative estimate of drug-likeness (QED) is 0.398. The van der Waals surface area contributed by atoms with E-state index in [1.54, 1.807) is 54.6 Å². The second-order valence-corrected chi connectivity index (χ2v) is 8.09. The topological polar surface area (TPSA) is 50.5 Å². The number of carbonyl (C=O) groups excluding carboxylic acids is 2. The molecule has 0 aliphatic carbocycles. The van der Waals surface area contributed by atoms with E-state index in [1.165, 1.54) is 6.08 Å². The molecule has 1 aliphatic heterocycles. The molecule has 0 unspecified atom stereocenters. The van der Waals surface area contributed by atoms with Gasteiger partial charge in [-0.25, -0.2) is 4.90 Å². The van der Waals surface area contributed by atoms with Gasteiger partial charge in [0.1, 0.15) is 11.5 Å². The van der Waals surface area contributed by atoms with Crippen LogP contribution in [0.4, 0.5) is 10.5 Å². The molecule has 8 heteroatoms. The highest BCUT2D eigenvalue weighted by molar-refractivity contribution is 8.19. The number of benzene rings is 2. The number of amides is 2. The number of imide groups is 1. The van der Waals surface area contributed by atoms with Crippen molar-refractivity contribution in [2.45, 2.75) is 0 Å². The van der Waals surface area contributed by atoms with Crippen LogP contribution in [0.1, 0.15) is 5.76 Å². The van der Waals surface area contributed by atoms with Gasteiger partial charge in [-0.1, -0.05) is 34.8 Å². The van der Waals surface area contributed by atoms with E-state index in [0.717, 1.165) is 16.7 Å². The van der Waals surface area contributed by atoms with Gasteiger partial charge in [0.2, 0.25) is 0 Å². The summed E-state index contributed by atoms with van der Waals surface area (Å²) < 4.78 is 5.78. The Morgan fingerprint density at radius 1 is 0.893 bits per heavy atom. The highest BCUT2D eigenvalue weighted by Crippen LogP contribution is 2.37. The Morgan fingerprint density at radius 3 is 2.32 bits per heavy atom. The Labute approximate surface area is 179 Å². The molecule has 0 bridgehead atoms. The predicted molar refractivity (Wildman–Crippen MR) is 114 cm³/mol. The standard InChI is InChI=1S/C20H10Cl3NO3S/c21-11-1-4-13(5-2-11)24-19(25)18(28-20(24)26)10-14-6-8-17(27-14)15-7-3-12(22)9-16(15)23/h1-10H/b18-10-. The van der Waals surface area contributed by atoms with E-state index in [0.29, 0.717) is 37.8 Å². The van der Waals surface area contributed by atoms with E-state index >= 15 is 0 Å². The van der Waals surface area contributed by atoms with E-state index < -0.39 is 5.91 Å². The molecule has 2 aromatic carbocycles. The van der Waals surface area contributed by atoms with Crippen LogP contribution >= 0.6 is 46.6 Å². The molecule has 2 heterocycles. The second-order valence-electron chi connectivity index (χ2n) is 5.82. The molecule has 3 aromatic rings. The fourth-order valence-corrected chi connectivity index (χ4v) is 4.12. The van der Waals surface area contributed by atoms with Crippen LogP contribution in [0.25, 0.3) is 17.4 Å². The van der Waals surface area contributed by atoms with E-state index in [1.807, 2.05) is 0 Å². The fraction of sp³-hybridized carbons (Fsp3) is 0. The summed E-state index contributed by atoms with van der Waals surface area (Å²) in [5.41, 5.74) is 1.14. The Kier molecular flexibility index (Phi) is 5.25. The van der Waals surface area contributed by atoms with Crippen molar-refractivity contribution < 1.29 is 14.0 Å². The van der Waals surface area contributed by atoms with Crippen molar-refractivity contribution in [2.75, 3.05) is 4.90 Å². The first-order valence-corrected chi connectivity index (χ1v) is 9.96. The number of nitrogens with zero attached hydrogens (tertiary/aromatic N) is 1. The molecule has 0 radical (unpaired) electrons. The van der Waals surface area contributed by atoms with Crippen molar-refractivity contribution in [1.82, 2.24) is 0 Å². The Hall–Kier alpha value is -2.18. The van der Waals surface area contributed by atoms with Gasteiger partial charge in [0.25, 0.3) is 11.1 Å². The number of rotatable bonds is 3. The van der Waals surface area contributed by atoms with Crippen LogP contribution in [0.2, 0.25) is 15.1 Å². The first kappa shape index (κ1) is 19.2. The predicted octanol–water partition coefficient (Wildman–Crippen LogP) is 7.15. The van der Waals surface area contributed by atoms with E-state index in [4.69, 9.17) is 39.2 Å². The maximum absolute atomic E-state index is 12.7. The molecule has 1 aromatic heterocycles. The molecule has 0 N–H and O–H groups in total. The molecule has 1 saturated heterocycles. The molecule has 140 valence electrons. The molecular weight excluding hydrogens is 441 g/mol. The molecule has 1 fully saturated rings. The zero-order valence-electron chi connectivity index (χ0n) is 14.0. The summed E-state index contributed by atoms with van der Waals surface area (Å²) in [4.78, 5) is 26.4. The number of carbonyl (C=O) groups is 2. The van der Waals surface area contributed by atoms with Crippen LogP contribution in [0.5, 0.6) is 0 Å². The smallest absolute Gasteiger partial charge is 0.298 e. The fourth-order valence-electron chi connectivity index (χ4n) is 2.67. The number of furan rings is 1. The third kappa shape index (κ3) is 3.71. The largest absolute Gasteiger partial charge is 0.457 e. The summed E-state index contributed by atoms with van der Waals surface area (Å²) in [7, 11) is 0. The second kappa shape index (κ2) is 7.68. The van der Waals surface area contributed by atoms with Gasteiger partial charge in [0.15, 0.2) is 0 Å². The third-order valence-electron chi connectivity index (χ3n) is 3.98. The minimum absolute atomic E-state index is 0.267. The van der Waals surface area contributed by atoms with Crippen molar-refractivity contribution in [3.8, 4) is 11.3 Å². The molecule has 4 rings (SSSR count). The number of anilines is 1. The van der Waals surface area contributed by atoms with Crippen molar-refractivity contribution in [3.63, 3.8) is 0 Å². The molecular formula is C20H10Cl3NO3S. The van der Waals surface area contributed by atoms with Gasteiger partial charge in [0.05, 0.1) is 15.6 Å². The van der Waals surface area contributed by atoms with Crippen LogP contribution in [0, 0.1) is 0 Å². The van der Waals surface area contributed by atoms with E-state index in [-0.39, 0.29) is 10.1 Å². The van der Waals surface area contributed by atoms with Crippen LogP contribution in [-0.4, -0.2) is 11.1 Å². The van der Waals surface area contributed by atoms with Crippen molar-refractivity contribution in [2.24, 2.45) is 0 Å². The first-order valence-electron chi connectivity index (χ1n) is 8.01. The van der Waals surface area contributed by atoms with Crippen LogP contribution < -0.4 is 4.90 Å². The zero-order valence-corrected chi connectivity index (χ0v) is 17.1. The molecule has 2 amide bonds. The van der Waals surface area contributed by atoms with Gasteiger partial charge in [-0.05, 0) is 66.4 Å². The highest BCUT2D eigenvalue weighted by Gasteiger charge is 2.36. The average Bonchev–Trinajstić information content (AvgIpc) is 3.21. The summed E-state index contributed by atoms with van der Waals surface area (Å²) in [5.74, 6) is 0.548. The lowest BCUT2D eigenvalue weighted by atomic mass is 10.2. The minimum Gasteiger partial charge on any atom is -0.457 e. The summed E-state index contributed by atoms with van der Waals surface area (Å²) in [6.07, 6.45) is 1.54. The summed E-state index contributed by atoms with van der Waals surface area (Å²) >= 11 is 18.8. The summed E-state index contributed by atoms with van der Waals surface area (Å²) in [6, 6.07) is 15.0. The zero-order chi connectivity index (χ0) is 19.8. The van der Waals surface area contributed by atoms with E-state index in [2.05, 4.69) is 0 Å². The number of thioether (sulfide) groups is 1. The van der Waals surface area contributed by atoms with Gasteiger partial charge in [0, 0.05) is 21.7 Å².